The molecular formula is C22H26IN5O. The van der Waals surface area contributed by atoms with Crippen molar-refractivity contribution in [1.29, 1.82) is 0 Å². The molecule has 0 aliphatic heterocycles. The van der Waals surface area contributed by atoms with Crippen LogP contribution in [0.3, 0.4) is 0 Å². The van der Waals surface area contributed by atoms with Crippen LogP contribution < -0.4 is 10.6 Å². The van der Waals surface area contributed by atoms with Gasteiger partial charge in [-0.25, -0.2) is 9.98 Å². The van der Waals surface area contributed by atoms with Crippen molar-refractivity contribution in [2.24, 2.45) is 12.0 Å². The molecule has 0 fully saturated rings. The normalized spacial score (nSPS) is 11.6. The zero-order valence-electron chi connectivity index (χ0n) is 16.9. The van der Waals surface area contributed by atoms with Gasteiger partial charge in [0.15, 0.2) is 5.96 Å². The predicted octanol–water partition coefficient (Wildman–Crippen LogP) is 4.50. The number of halogens is 1. The van der Waals surface area contributed by atoms with E-state index in [1.807, 2.05) is 43.4 Å². The summed E-state index contributed by atoms with van der Waals surface area (Å²) in [5, 5.41) is 7.81. The van der Waals surface area contributed by atoms with E-state index in [9.17, 15) is 0 Å². The van der Waals surface area contributed by atoms with Gasteiger partial charge in [-0.2, -0.15) is 0 Å². The third-order valence-electron chi connectivity index (χ3n) is 4.96. The van der Waals surface area contributed by atoms with E-state index in [1.54, 1.807) is 0 Å². The Kier molecular flexibility index (Phi) is 6.79. The van der Waals surface area contributed by atoms with Crippen LogP contribution in [0.4, 0.5) is 0 Å². The van der Waals surface area contributed by atoms with Crippen molar-refractivity contribution in [3.05, 3.63) is 65.7 Å². The minimum absolute atomic E-state index is 0. The number of aromatic nitrogens is 2. The van der Waals surface area contributed by atoms with Gasteiger partial charge in [-0.05, 0) is 32.0 Å². The van der Waals surface area contributed by atoms with Gasteiger partial charge in [0.05, 0.1) is 17.6 Å². The molecule has 0 radical (unpaired) electrons. The van der Waals surface area contributed by atoms with E-state index in [4.69, 9.17) is 9.41 Å². The molecule has 7 heteroatoms. The van der Waals surface area contributed by atoms with E-state index >= 15 is 0 Å². The number of guanidine groups is 1. The van der Waals surface area contributed by atoms with Crippen LogP contribution in [0, 0.1) is 6.92 Å². The minimum atomic E-state index is 0. The molecule has 0 saturated carbocycles. The number of aryl methyl sites for hydroxylation is 2. The van der Waals surface area contributed by atoms with Gasteiger partial charge >= 0.3 is 0 Å². The van der Waals surface area contributed by atoms with Crippen molar-refractivity contribution < 1.29 is 4.42 Å². The van der Waals surface area contributed by atoms with Gasteiger partial charge in [-0.3, -0.25) is 0 Å². The predicted molar refractivity (Wildman–Crippen MR) is 129 cm³/mol. The number of rotatable bonds is 5. The lowest BCUT2D eigenvalue weighted by molar-refractivity contribution is 0.534. The Morgan fingerprint density at radius 2 is 1.86 bits per heavy atom. The maximum absolute atomic E-state index is 5.99. The minimum Gasteiger partial charge on any atom is -0.459 e. The molecule has 0 aliphatic rings. The Labute approximate surface area is 187 Å². The standard InChI is InChI=1S/C22H25N5O.HI/c1-4-23-22(24-13-20-15(2)16-9-5-8-12-19(16)28-20)25-14-21-26-17-10-6-7-11-18(17)27(21)3;/h5-12H,4,13-14H2,1-3H3,(H2,23,24,25);1H. The van der Waals surface area contributed by atoms with E-state index < -0.39 is 0 Å². The summed E-state index contributed by atoms with van der Waals surface area (Å²) in [6.45, 7) is 6.01. The summed E-state index contributed by atoms with van der Waals surface area (Å²) >= 11 is 0. The van der Waals surface area contributed by atoms with Crippen LogP contribution in [-0.2, 0) is 20.1 Å². The van der Waals surface area contributed by atoms with E-state index in [1.165, 1.54) is 0 Å². The van der Waals surface area contributed by atoms with Crippen LogP contribution in [0.25, 0.3) is 22.0 Å². The van der Waals surface area contributed by atoms with Crippen molar-refractivity contribution in [2.45, 2.75) is 26.9 Å². The van der Waals surface area contributed by atoms with Gasteiger partial charge in [-0.15, -0.1) is 24.0 Å². The Hall–Kier alpha value is -2.55. The highest BCUT2D eigenvalue weighted by atomic mass is 127. The first kappa shape index (κ1) is 21.2. The molecule has 0 amide bonds. The summed E-state index contributed by atoms with van der Waals surface area (Å²) in [6.07, 6.45) is 0. The summed E-state index contributed by atoms with van der Waals surface area (Å²) in [7, 11) is 2.03. The third kappa shape index (κ3) is 4.39. The lowest BCUT2D eigenvalue weighted by atomic mass is 10.1. The van der Waals surface area contributed by atoms with Crippen molar-refractivity contribution in [3.63, 3.8) is 0 Å². The van der Waals surface area contributed by atoms with Crippen molar-refractivity contribution in [3.8, 4) is 0 Å². The molecule has 0 spiro atoms. The number of benzene rings is 2. The summed E-state index contributed by atoms with van der Waals surface area (Å²) in [5.41, 5.74) is 4.18. The molecule has 2 aromatic carbocycles. The van der Waals surface area contributed by atoms with Gasteiger partial charge < -0.3 is 19.6 Å². The molecule has 0 bridgehead atoms. The molecule has 2 heterocycles. The van der Waals surface area contributed by atoms with E-state index in [2.05, 4.69) is 46.2 Å². The van der Waals surface area contributed by atoms with Crippen LogP contribution in [0.5, 0.6) is 0 Å². The van der Waals surface area contributed by atoms with Gasteiger partial charge in [-0.1, -0.05) is 30.3 Å². The first-order chi connectivity index (χ1) is 13.7. The monoisotopic (exact) mass is 503 g/mol. The maximum Gasteiger partial charge on any atom is 0.192 e. The maximum atomic E-state index is 5.99. The van der Waals surface area contributed by atoms with Crippen molar-refractivity contribution >= 4 is 51.9 Å². The molecular weight excluding hydrogens is 477 g/mol. The fourth-order valence-corrected chi connectivity index (χ4v) is 3.39. The Balaban J connectivity index is 0.00000240. The zero-order chi connectivity index (χ0) is 19.5. The second kappa shape index (κ2) is 9.30. The number of hydrogen-bond acceptors (Lipinski definition) is 3. The molecule has 0 atom stereocenters. The molecule has 0 saturated heterocycles. The van der Waals surface area contributed by atoms with Gasteiger partial charge in [0.1, 0.15) is 23.7 Å². The summed E-state index contributed by atoms with van der Waals surface area (Å²) in [6, 6.07) is 16.2. The van der Waals surface area contributed by atoms with E-state index in [-0.39, 0.29) is 24.0 Å². The van der Waals surface area contributed by atoms with Gasteiger partial charge in [0.25, 0.3) is 0 Å². The smallest absolute Gasteiger partial charge is 0.192 e. The first-order valence-electron chi connectivity index (χ1n) is 9.57. The number of fused-ring (bicyclic) bond motifs is 2. The van der Waals surface area contributed by atoms with Crippen LogP contribution >= 0.6 is 24.0 Å². The lowest BCUT2D eigenvalue weighted by Gasteiger charge is -2.10. The van der Waals surface area contributed by atoms with Crippen LogP contribution in [0.1, 0.15) is 24.1 Å². The van der Waals surface area contributed by atoms with Gasteiger partial charge in [0.2, 0.25) is 0 Å². The number of para-hydroxylation sites is 3. The highest BCUT2D eigenvalue weighted by Crippen LogP contribution is 2.24. The topological polar surface area (TPSA) is 67.4 Å². The van der Waals surface area contributed by atoms with Crippen LogP contribution in [0.15, 0.2) is 57.9 Å². The molecule has 2 N–H and O–H groups in total. The number of aliphatic imine (C=N–C) groups is 1. The van der Waals surface area contributed by atoms with Crippen molar-refractivity contribution in [1.82, 2.24) is 20.2 Å². The number of hydrogen-bond donors (Lipinski definition) is 2. The average molecular weight is 503 g/mol. The van der Waals surface area contributed by atoms with E-state index in [0.29, 0.717) is 13.1 Å². The highest BCUT2D eigenvalue weighted by Gasteiger charge is 2.11. The second-order valence-corrected chi connectivity index (χ2v) is 6.77. The fourth-order valence-electron chi connectivity index (χ4n) is 3.39. The molecule has 4 rings (SSSR count). The van der Waals surface area contributed by atoms with Crippen LogP contribution in [0.2, 0.25) is 0 Å². The highest BCUT2D eigenvalue weighted by molar-refractivity contribution is 14.0. The molecule has 4 aromatic rings. The number of nitrogens with zero attached hydrogens (tertiary/aromatic N) is 3. The Bertz CT molecular complexity index is 1140. The molecule has 29 heavy (non-hydrogen) atoms. The summed E-state index contributed by atoms with van der Waals surface area (Å²) < 4.78 is 8.08. The average Bonchev–Trinajstić information content (AvgIpc) is 3.21. The Morgan fingerprint density at radius 1 is 1.10 bits per heavy atom. The largest absolute Gasteiger partial charge is 0.459 e. The first-order valence-corrected chi connectivity index (χ1v) is 9.57. The quantitative estimate of drug-likeness (QED) is 0.239. The number of nitrogens with one attached hydrogen (secondary N) is 2. The molecule has 6 nitrogen and oxygen atoms in total. The second-order valence-electron chi connectivity index (χ2n) is 6.77. The third-order valence-corrected chi connectivity index (χ3v) is 4.96. The SMILES string of the molecule is CCNC(=NCc1nc2ccccc2n1C)NCc1oc2ccccc2c1C.I. The lowest BCUT2D eigenvalue weighted by Crippen LogP contribution is -2.36. The molecule has 2 aromatic heterocycles. The molecule has 0 unspecified atom stereocenters. The van der Waals surface area contributed by atoms with E-state index in [0.717, 1.165) is 51.7 Å². The summed E-state index contributed by atoms with van der Waals surface area (Å²) in [4.78, 5) is 9.40. The molecule has 152 valence electrons. The fraction of sp³-hybridized carbons (Fsp3) is 0.273. The molecule has 0 aliphatic carbocycles. The summed E-state index contributed by atoms with van der Waals surface area (Å²) in [5.74, 6) is 2.60. The van der Waals surface area contributed by atoms with Crippen LogP contribution in [-0.4, -0.2) is 22.1 Å². The Morgan fingerprint density at radius 3 is 2.62 bits per heavy atom. The number of imidazole rings is 1. The zero-order valence-corrected chi connectivity index (χ0v) is 19.2. The van der Waals surface area contributed by atoms with Gasteiger partial charge in [0, 0.05) is 24.5 Å². The van der Waals surface area contributed by atoms with Crippen molar-refractivity contribution in [2.75, 3.05) is 6.54 Å². The number of furan rings is 1.